The highest BCUT2D eigenvalue weighted by molar-refractivity contribution is 5.74. The molecule has 2 amide bonds. The molecular weight excluding hydrogens is 258 g/mol. The van der Waals surface area contributed by atoms with E-state index in [-0.39, 0.29) is 18.5 Å². The van der Waals surface area contributed by atoms with Crippen molar-refractivity contribution in [2.24, 2.45) is 0 Å². The molecule has 1 rings (SSSR count). The SMILES string of the molecule is CC(CCC(=O)O)NC(=O)NCc1ccc(C#N)cc1. The Labute approximate surface area is 117 Å². The minimum atomic E-state index is -0.878. The van der Waals surface area contributed by atoms with Crippen LogP contribution in [-0.4, -0.2) is 23.1 Å². The van der Waals surface area contributed by atoms with Crippen molar-refractivity contribution in [2.45, 2.75) is 32.4 Å². The van der Waals surface area contributed by atoms with Crippen LogP contribution in [0.1, 0.15) is 30.9 Å². The number of nitrogens with one attached hydrogen (secondary N) is 2. The Kier molecular flexibility index (Phi) is 6.04. The summed E-state index contributed by atoms with van der Waals surface area (Å²) in [7, 11) is 0. The van der Waals surface area contributed by atoms with Gasteiger partial charge in [-0.25, -0.2) is 4.79 Å². The predicted molar refractivity (Wildman–Crippen MR) is 72.9 cm³/mol. The Morgan fingerprint density at radius 3 is 2.55 bits per heavy atom. The van der Waals surface area contributed by atoms with Gasteiger partial charge in [-0.05, 0) is 31.0 Å². The molecule has 0 heterocycles. The Balaban J connectivity index is 2.32. The molecule has 106 valence electrons. The van der Waals surface area contributed by atoms with E-state index in [9.17, 15) is 9.59 Å². The van der Waals surface area contributed by atoms with Crippen molar-refractivity contribution in [1.29, 1.82) is 5.26 Å². The third-order valence-electron chi connectivity index (χ3n) is 2.70. The molecule has 0 radical (unpaired) electrons. The summed E-state index contributed by atoms with van der Waals surface area (Å²) >= 11 is 0. The second-order valence-electron chi connectivity index (χ2n) is 4.47. The summed E-state index contributed by atoms with van der Waals surface area (Å²) in [6.45, 7) is 2.10. The van der Waals surface area contributed by atoms with Gasteiger partial charge in [0.15, 0.2) is 0 Å². The number of nitriles is 1. The van der Waals surface area contributed by atoms with Crippen LogP contribution in [0.2, 0.25) is 0 Å². The summed E-state index contributed by atoms with van der Waals surface area (Å²) in [5, 5.41) is 22.5. The maximum atomic E-state index is 11.6. The highest BCUT2D eigenvalue weighted by atomic mass is 16.4. The average Bonchev–Trinajstić information content (AvgIpc) is 2.43. The summed E-state index contributed by atoms with van der Waals surface area (Å²) in [6, 6.07) is 8.39. The van der Waals surface area contributed by atoms with Gasteiger partial charge in [-0.3, -0.25) is 4.79 Å². The topological polar surface area (TPSA) is 102 Å². The number of aliphatic carboxylic acids is 1. The Morgan fingerprint density at radius 2 is 2.00 bits per heavy atom. The third-order valence-corrected chi connectivity index (χ3v) is 2.70. The summed E-state index contributed by atoms with van der Waals surface area (Å²) in [5.41, 5.74) is 1.46. The maximum Gasteiger partial charge on any atom is 0.315 e. The first-order chi connectivity index (χ1) is 9.51. The van der Waals surface area contributed by atoms with E-state index in [4.69, 9.17) is 10.4 Å². The molecule has 0 aliphatic rings. The molecule has 0 aliphatic heterocycles. The molecule has 0 aliphatic carbocycles. The fourth-order valence-corrected chi connectivity index (χ4v) is 1.57. The first-order valence-electron chi connectivity index (χ1n) is 6.26. The van der Waals surface area contributed by atoms with Crippen LogP contribution in [0, 0.1) is 11.3 Å². The van der Waals surface area contributed by atoms with E-state index >= 15 is 0 Å². The number of carboxylic acids is 1. The fraction of sp³-hybridized carbons (Fsp3) is 0.357. The van der Waals surface area contributed by atoms with E-state index in [0.717, 1.165) is 5.56 Å². The van der Waals surface area contributed by atoms with Crippen molar-refractivity contribution in [1.82, 2.24) is 10.6 Å². The predicted octanol–water partition coefficient (Wildman–Crippen LogP) is 1.61. The minimum Gasteiger partial charge on any atom is -0.481 e. The summed E-state index contributed by atoms with van der Waals surface area (Å²) < 4.78 is 0. The lowest BCUT2D eigenvalue weighted by Crippen LogP contribution is -2.40. The standard InChI is InChI=1S/C14H17N3O3/c1-10(2-7-13(18)19)17-14(20)16-9-12-5-3-11(8-15)4-6-12/h3-6,10H,2,7,9H2,1H3,(H,18,19)(H2,16,17,20). The van der Waals surface area contributed by atoms with Crippen LogP contribution in [0.5, 0.6) is 0 Å². The number of hydrogen-bond donors (Lipinski definition) is 3. The lowest BCUT2D eigenvalue weighted by atomic mass is 10.1. The van der Waals surface area contributed by atoms with E-state index < -0.39 is 5.97 Å². The average molecular weight is 275 g/mol. The van der Waals surface area contributed by atoms with Gasteiger partial charge < -0.3 is 15.7 Å². The van der Waals surface area contributed by atoms with Crippen molar-refractivity contribution in [2.75, 3.05) is 0 Å². The molecule has 0 fully saturated rings. The van der Waals surface area contributed by atoms with Gasteiger partial charge in [0.1, 0.15) is 0 Å². The van der Waals surface area contributed by atoms with Crippen molar-refractivity contribution < 1.29 is 14.7 Å². The lowest BCUT2D eigenvalue weighted by Gasteiger charge is -2.13. The van der Waals surface area contributed by atoms with Gasteiger partial charge in [0, 0.05) is 19.0 Å². The second kappa shape index (κ2) is 7.79. The third kappa shape index (κ3) is 5.87. The van der Waals surface area contributed by atoms with Crippen LogP contribution in [0.4, 0.5) is 4.79 Å². The molecule has 0 saturated carbocycles. The molecule has 0 bridgehead atoms. The second-order valence-corrected chi connectivity index (χ2v) is 4.47. The Morgan fingerprint density at radius 1 is 1.35 bits per heavy atom. The number of carboxylic acid groups (broad SMARTS) is 1. The monoisotopic (exact) mass is 275 g/mol. The molecule has 3 N–H and O–H groups in total. The zero-order chi connectivity index (χ0) is 15.0. The molecule has 1 aromatic rings. The van der Waals surface area contributed by atoms with Crippen LogP contribution >= 0.6 is 0 Å². The van der Waals surface area contributed by atoms with Gasteiger partial charge in [0.25, 0.3) is 0 Å². The van der Waals surface area contributed by atoms with Crippen LogP contribution in [-0.2, 0) is 11.3 Å². The number of rotatable bonds is 6. The van der Waals surface area contributed by atoms with E-state index in [1.165, 1.54) is 0 Å². The number of benzene rings is 1. The minimum absolute atomic E-state index is 0.0249. The molecular formula is C14H17N3O3. The smallest absolute Gasteiger partial charge is 0.315 e. The molecule has 0 aromatic heterocycles. The number of urea groups is 1. The molecule has 1 aromatic carbocycles. The first-order valence-corrected chi connectivity index (χ1v) is 6.26. The van der Waals surface area contributed by atoms with Crippen molar-refractivity contribution in [3.05, 3.63) is 35.4 Å². The van der Waals surface area contributed by atoms with Gasteiger partial charge >= 0.3 is 12.0 Å². The van der Waals surface area contributed by atoms with E-state index in [0.29, 0.717) is 18.5 Å². The van der Waals surface area contributed by atoms with Crippen LogP contribution in [0.15, 0.2) is 24.3 Å². The van der Waals surface area contributed by atoms with Crippen LogP contribution in [0.3, 0.4) is 0 Å². The number of amides is 2. The summed E-state index contributed by atoms with van der Waals surface area (Å²) in [5.74, 6) is -0.878. The molecule has 1 atom stereocenters. The molecule has 1 unspecified atom stereocenters. The fourth-order valence-electron chi connectivity index (χ4n) is 1.57. The normalized spacial score (nSPS) is 11.2. The van der Waals surface area contributed by atoms with E-state index in [1.54, 1.807) is 31.2 Å². The van der Waals surface area contributed by atoms with Crippen molar-refractivity contribution in [3.63, 3.8) is 0 Å². The molecule has 6 heteroatoms. The summed E-state index contributed by atoms with van der Waals surface area (Å²) in [4.78, 5) is 22.0. The van der Waals surface area contributed by atoms with Crippen LogP contribution < -0.4 is 10.6 Å². The highest BCUT2D eigenvalue weighted by Gasteiger charge is 2.08. The maximum absolute atomic E-state index is 11.6. The van der Waals surface area contributed by atoms with Gasteiger partial charge in [-0.15, -0.1) is 0 Å². The molecule has 6 nitrogen and oxygen atoms in total. The van der Waals surface area contributed by atoms with Gasteiger partial charge in [0.2, 0.25) is 0 Å². The van der Waals surface area contributed by atoms with E-state index in [1.807, 2.05) is 6.07 Å². The molecule has 0 saturated heterocycles. The first kappa shape index (κ1) is 15.5. The Hall–Kier alpha value is -2.55. The quantitative estimate of drug-likeness (QED) is 0.734. The van der Waals surface area contributed by atoms with Gasteiger partial charge in [-0.2, -0.15) is 5.26 Å². The van der Waals surface area contributed by atoms with Crippen LogP contribution in [0.25, 0.3) is 0 Å². The van der Waals surface area contributed by atoms with Crippen molar-refractivity contribution in [3.8, 4) is 6.07 Å². The van der Waals surface area contributed by atoms with Gasteiger partial charge in [0.05, 0.1) is 11.6 Å². The zero-order valence-electron chi connectivity index (χ0n) is 11.2. The number of carbonyl (C=O) groups is 2. The molecule has 20 heavy (non-hydrogen) atoms. The van der Waals surface area contributed by atoms with Crippen molar-refractivity contribution >= 4 is 12.0 Å². The van der Waals surface area contributed by atoms with E-state index in [2.05, 4.69) is 10.6 Å². The number of carbonyl (C=O) groups excluding carboxylic acids is 1. The Bertz CT molecular complexity index is 505. The zero-order valence-corrected chi connectivity index (χ0v) is 11.2. The van der Waals surface area contributed by atoms with Gasteiger partial charge in [-0.1, -0.05) is 12.1 Å². The molecule has 0 spiro atoms. The summed E-state index contributed by atoms with van der Waals surface area (Å²) in [6.07, 6.45) is 0.413. The highest BCUT2D eigenvalue weighted by Crippen LogP contribution is 2.03. The largest absolute Gasteiger partial charge is 0.481 e. The number of nitrogens with zero attached hydrogens (tertiary/aromatic N) is 1. The lowest BCUT2D eigenvalue weighted by molar-refractivity contribution is -0.137. The number of hydrogen-bond acceptors (Lipinski definition) is 3.